The molecule has 0 radical (unpaired) electrons. The Hall–Kier alpha value is -2.87. The standard InChI is InChI=1S/C21H26N4O3S/c1-4-24-11-10-16(23-24)14-17-20(26)25(21(29)22-17)12-9-15-7-8-18(27-5-2)19(13-15)28-6-3/h7-8,10-11,13-14H,4-6,9,12H2,1-3H3,(H,22,29)/b17-14+. The number of hydrogen-bond acceptors (Lipinski definition) is 5. The zero-order valence-corrected chi connectivity index (χ0v) is 17.8. The minimum absolute atomic E-state index is 0.142. The third-order valence-corrected chi connectivity index (χ3v) is 4.79. The molecule has 1 N–H and O–H groups in total. The number of nitrogens with zero attached hydrogens (tertiary/aromatic N) is 3. The van der Waals surface area contributed by atoms with Crippen LogP contribution in [0.5, 0.6) is 11.5 Å². The van der Waals surface area contributed by atoms with Crippen LogP contribution in [0.25, 0.3) is 6.08 Å². The van der Waals surface area contributed by atoms with Crippen LogP contribution in [0.3, 0.4) is 0 Å². The molecule has 1 aliphatic rings. The van der Waals surface area contributed by atoms with Gasteiger partial charge in [-0.3, -0.25) is 14.4 Å². The van der Waals surface area contributed by atoms with Crippen molar-refractivity contribution < 1.29 is 14.3 Å². The van der Waals surface area contributed by atoms with Crippen LogP contribution in [0.15, 0.2) is 36.2 Å². The van der Waals surface area contributed by atoms with E-state index >= 15 is 0 Å². The molecule has 0 aliphatic carbocycles. The summed E-state index contributed by atoms with van der Waals surface area (Å²) in [4.78, 5) is 14.3. The number of aryl methyl sites for hydroxylation is 1. The van der Waals surface area contributed by atoms with Crippen LogP contribution in [-0.4, -0.2) is 45.5 Å². The highest BCUT2D eigenvalue weighted by atomic mass is 32.1. The summed E-state index contributed by atoms with van der Waals surface area (Å²) in [6, 6.07) is 7.71. The molecule has 1 saturated heterocycles. The van der Waals surface area contributed by atoms with Crippen molar-refractivity contribution in [1.29, 1.82) is 0 Å². The number of hydrogen-bond donors (Lipinski definition) is 1. The predicted molar refractivity (Wildman–Crippen MR) is 116 cm³/mol. The van der Waals surface area contributed by atoms with E-state index in [4.69, 9.17) is 21.7 Å². The van der Waals surface area contributed by atoms with Crippen LogP contribution in [0.1, 0.15) is 32.0 Å². The predicted octanol–water partition coefficient (Wildman–Crippen LogP) is 3.00. The molecule has 2 heterocycles. The molecule has 2 aromatic rings. The molecule has 0 bridgehead atoms. The van der Waals surface area contributed by atoms with E-state index in [1.165, 1.54) is 0 Å². The molecule has 7 nitrogen and oxygen atoms in total. The van der Waals surface area contributed by atoms with Crippen LogP contribution >= 0.6 is 12.2 Å². The Morgan fingerprint density at radius 3 is 2.59 bits per heavy atom. The fraction of sp³-hybridized carbons (Fsp3) is 0.381. The number of thiocarbonyl (C=S) groups is 1. The number of nitrogens with one attached hydrogen (secondary N) is 1. The summed E-state index contributed by atoms with van der Waals surface area (Å²) >= 11 is 5.36. The smallest absolute Gasteiger partial charge is 0.276 e. The first-order valence-electron chi connectivity index (χ1n) is 9.82. The van der Waals surface area contributed by atoms with Gasteiger partial charge >= 0.3 is 0 Å². The van der Waals surface area contributed by atoms with Gasteiger partial charge in [0, 0.05) is 19.3 Å². The van der Waals surface area contributed by atoms with Crippen molar-refractivity contribution in [2.45, 2.75) is 33.7 Å². The minimum atomic E-state index is -0.142. The quantitative estimate of drug-likeness (QED) is 0.503. The highest BCUT2D eigenvalue weighted by molar-refractivity contribution is 7.80. The molecule has 8 heteroatoms. The Morgan fingerprint density at radius 1 is 1.14 bits per heavy atom. The molecule has 0 spiro atoms. The molecule has 0 unspecified atom stereocenters. The van der Waals surface area contributed by atoms with Crippen molar-refractivity contribution in [3.8, 4) is 11.5 Å². The van der Waals surface area contributed by atoms with E-state index in [0.29, 0.717) is 42.7 Å². The van der Waals surface area contributed by atoms with Crippen molar-refractivity contribution >= 4 is 29.3 Å². The minimum Gasteiger partial charge on any atom is -0.490 e. The highest BCUT2D eigenvalue weighted by Crippen LogP contribution is 2.29. The molecule has 154 valence electrons. The fourth-order valence-corrected chi connectivity index (χ4v) is 3.33. The molecule has 29 heavy (non-hydrogen) atoms. The number of carbonyl (C=O) groups is 1. The van der Waals surface area contributed by atoms with Gasteiger partial charge in [0.05, 0.1) is 18.9 Å². The Labute approximate surface area is 176 Å². The summed E-state index contributed by atoms with van der Waals surface area (Å²) in [5.41, 5.74) is 2.21. The van der Waals surface area contributed by atoms with E-state index in [0.717, 1.165) is 23.6 Å². The molecule has 0 atom stereocenters. The van der Waals surface area contributed by atoms with E-state index in [9.17, 15) is 4.79 Å². The second-order valence-corrected chi connectivity index (χ2v) is 6.83. The summed E-state index contributed by atoms with van der Waals surface area (Å²) in [7, 11) is 0. The van der Waals surface area contributed by atoms with E-state index in [-0.39, 0.29) is 5.91 Å². The second kappa shape index (κ2) is 9.56. The lowest BCUT2D eigenvalue weighted by atomic mass is 10.1. The fourth-order valence-electron chi connectivity index (χ4n) is 3.04. The number of carbonyl (C=O) groups excluding carboxylic acids is 1. The molecule has 3 rings (SSSR count). The summed E-state index contributed by atoms with van der Waals surface area (Å²) in [5.74, 6) is 1.30. The maximum absolute atomic E-state index is 12.8. The van der Waals surface area contributed by atoms with Crippen LogP contribution in [0.4, 0.5) is 0 Å². The number of rotatable bonds is 9. The number of aromatic nitrogens is 2. The maximum atomic E-state index is 12.8. The number of amides is 1. The van der Waals surface area contributed by atoms with E-state index in [2.05, 4.69) is 10.4 Å². The van der Waals surface area contributed by atoms with Crippen molar-refractivity contribution in [3.05, 3.63) is 47.4 Å². The average molecular weight is 415 g/mol. The first-order chi connectivity index (χ1) is 14.0. The van der Waals surface area contributed by atoms with Crippen LogP contribution in [0, 0.1) is 0 Å². The van der Waals surface area contributed by atoms with Gasteiger partial charge in [-0.15, -0.1) is 0 Å². The van der Waals surface area contributed by atoms with Crippen molar-refractivity contribution in [2.24, 2.45) is 0 Å². The molecule has 1 amide bonds. The monoisotopic (exact) mass is 414 g/mol. The van der Waals surface area contributed by atoms with E-state index in [1.807, 2.05) is 55.9 Å². The SMILES string of the molecule is CCOc1ccc(CCN2C(=O)/C(=C\c3ccn(CC)n3)NC2=S)cc1OCC. The third kappa shape index (κ3) is 4.95. The van der Waals surface area contributed by atoms with Crippen LogP contribution in [0.2, 0.25) is 0 Å². The zero-order chi connectivity index (χ0) is 20.8. The van der Waals surface area contributed by atoms with E-state index < -0.39 is 0 Å². The second-order valence-electron chi connectivity index (χ2n) is 6.44. The largest absolute Gasteiger partial charge is 0.490 e. The molecule has 1 aromatic heterocycles. The summed E-state index contributed by atoms with van der Waals surface area (Å²) in [6.07, 6.45) is 4.26. The van der Waals surface area contributed by atoms with Crippen LogP contribution in [-0.2, 0) is 17.8 Å². The highest BCUT2D eigenvalue weighted by Gasteiger charge is 2.30. The van der Waals surface area contributed by atoms with Gasteiger partial charge < -0.3 is 14.8 Å². The van der Waals surface area contributed by atoms with Gasteiger partial charge in [-0.2, -0.15) is 5.10 Å². The summed E-state index contributed by atoms with van der Waals surface area (Å²) in [6.45, 7) is 8.28. The van der Waals surface area contributed by atoms with E-state index in [1.54, 1.807) is 11.0 Å². The molecule has 1 fully saturated rings. The molecule has 1 aliphatic heterocycles. The van der Waals surface area contributed by atoms with Crippen molar-refractivity contribution in [3.63, 3.8) is 0 Å². The molecule has 1 aromatic carbocycles. The Morgan fingerprint density at radius 2 is 1.90 bits per heavy atom. The first kappa shape index (κ1) is 20.9. The normalized spacial score (nSPS) is 15.1. The zero-order valence-electron chi connectivity index (χ0n) is 17.0. The Bertz CT molecular complexity index is 922. The van der Waals surface area contributed by atoms with Crippen molar-refractivity contribution in [2.75, 3.05) is 19.8 Å². The van der Waals surface area contributed by atoms with Crippen molar-refractivity contribution in [1.82, 2.24) is 20.0 Å². The summed E-state index contributed by atoms with van der Waals surface area (Å²) < 4.78 is 13.1. The lowest BCUT2D eigenvalue weighted by molar-refractivity contribution is -0.122. The Balaban J connectivity index is 1.68. The van der Waals surface area contributed by atoms with Gasteiger partial charge in [0.25, 0.3) is 5.91 Å². The topological polar surface area (TPSA) is 68.6 Å². The number of ether oxygens (including phenoxy) is 2. The van der Waals surface area contributed by atoms with Crippen LogP contribution < -0.4 is 14.8 Å². The molecular formula is C21H26N4O3S. The van der Waals surface area contributed by atoms with Gasteiger partial charge in [-0.05, 0) is 69.2 Å². The molecular weight excluding hydrogens is 388 g/mol. The number of benzene rings is 1. The third-order valence-electron chi connectivity index (χ3n) is 4.47. The van der Waals surface area contributed by atoms with Gasteiger partial charge in [0.15, 0.2) is 16.6 Å². The Kier molecular flexibility index (Phi) is 6.87. The summed E-state index contributed by atoms with van der Waals surface area (Å²) in [5, 5.41) is 7.79. The lowest BCUT2D eigenvalue weighted by Gasteiger charge is -2.15. The lowest BCUT2D eigenvalue weighted by Crippen LogP contribution is -2.32. The average Bonchev–Trinajstić information content (AvgIpc) is 3.27. The van der Waals surface area contributed by atoms with Gasteiger partial charge in [-0.25, -0.2) is 0 Å². The van der Waals surface area contributed by atoms with Gasteiger partial charge in [-0.1, -0.05) is 6.07 Å². The van der Waals surface area contributed by atoms with Gasteiger partial charge in [0.2, 0.25) is 0 Å². The van der Waals surface area contributed by atoms with Gasteiger partial charge in [0.1, 0.15) is 5.70 Å². The molecule has 0 saturated carbocycles. The first-order valence-corrected chi connectivity index (χ1v) is 10.2. The maximum Gasteiger partial charge on any atom is 0.276 e.